The lowest BCUT2D eigenvalue weighted by Gasteiger charge is -2.35. The van der Waals surface area contributed by atoms with Crippen molar-refractivity contribution in [2.24, 2.45) is 0 Å². The minimum Gasteiger partial charge on any atom is -0.372 e. The third kappa shape index (κ3) is 3.80. The molecule has 0 aromatic carbocycles. The maximum Gasteiger partial charge on any atom is 0.258 e. The molecule has 2 aromatic rings. The summed E-state index contributed by atoms with van der Waals surface area (Å²) >= 11 is 0. The lowest BCUT2D eigenvalue weighted by molar-refractivity contribution is -0.143. The molecule has 0 saturated carbocycles. The van der Waals surface area contributed by atoms with Gasteiger partial charge >= 0.3 is 0 Å². The first kappa shape index (κ1) is 19.3. The summed E-state index contributed by atoms with van der Waals surface area (Å²) in [6.45, 7) is 12.2. The summed E-state index contributed by atoms with van der Waals surface area (Å²) in [6.07, 6.45) is -0.0504. The van der Waals surface area contributed by atoms with Crippen molar-refractivity contribution in [3.05, 3.63) is 39.1 Å². The van der Waals surface area contributed by atoms with Crippen molar-refractivity contribution >= 4 is 5.91 Å². The average molecular weight is 373 g/mol. The molecule has 0 N–H and O–H groups in total. The Morgan fingerprint density at radius 3 is 2.37 bits per heavy atom. The molecule has 8 heteroatoms. The van der Waals surface area contributed by atoms with Gasteiger partial charge in [-0.3, -0.25) is 14.2 Å². The number of hydrogen-bond acceptors (Lipinski definition) is 5. The molecular weight excluding hydrogens is 346 g/mol. The fourth-order valence-electron chi connectivity index (χ4n) is 3.49. The van der Waals surface area contributed by atoms with E-state index in [0.717, 1.165) is 11.4 Å². The number of ether oxygens (including phenoxy) is 1. The van der Waals surface area contributed by atoms with E-state index in [4.69, 9.17) is 4.74 Å². The Balaban J connectivity index is 2.02. The number of nitrogens with zero attached hydrogens (tertiary/aromatic N) is 5. The van der Waals surface area contributed by atoms with Crippen LogP contribution in [-0.4, -0.2) is 55.4 Å². The molecule has 0 radical (unpaired) electrons. The molecule has 1 aliphatic heterocycles. The van der Waals surface area contributed by atoms with Crippen molar-refractivity contribution in [1.82, 2.24) is 24.2 Å². The van der Waals surface area contributed by atoms with Crippen LogP contribution in [0.5, 0.6) is 0 Å². The lowest BCUT2D eigenvalue weighted by atomic mass is 10.2. The normalized spacial score (nSPS) is 20.1. The van der Waals surface area contributed by atoms with Gasteiger partial charge in [0.15, 0.2) is 0 Å². The number of aryl methyl sites for hydroxylation is 3. The van der Waals surface area contributed by atoms with Crippen LogP contribution in [-0.2, 0) is 16.1 Å². The Morgan fingerprint density at radius 1 is 1.19 bits per heavy atom. The Bertz CT molecular complexity index is 920. The van der Waals surface area contributed by atoms with E-state index >= 15 is 0 Å². The van der Waals surface area contributed by atoms with Crippen LogP contribution < -0.4 is 5.56 Å². The van der Waals surface area contributed by atoms with Gasteiger partial charge in [-0.05, 0) is 47.6 Å². The number of morpholine rings is 1. The van der Waals surface area contributed by atoms with Gasteiger partial charge in [-0.1, -0.05) is 0 Å². The van der Waals surface area contributed by atoms with Crippen molar-refractivity contribution in [3.8, 4) is 5.95 Å². The number of rotatable bonds is 3. The molecule has 0 bridgehead atoms. The largest absolute Gasteiger partial charge is 0.372 e. The Labute approximate surface area is 158 Å². The van der Waals surface area contributed by atoms with Crippen LogP contribution in [0.15, 0.2) is 10.9 Å². The Kier molecular flexibility index (Phi) is 5.19. The van der Waals surface area contributed by atoms with Crippen LogP contribution in [0.1, 0.15) is 36.5 Å². The third-order valence-electron chi connectivity index (χ3n) is 4.88. The van der Waals surface area contributed by atoms with E-state index in [2.05, 4.69) is 10.1 Å². The van der Waals surface area contributed by atoms with E-state index in [-0.39, 0.29) is 30.2 Å². The van der Waals surface area contributed by atoms with E-state index in [1.54, 1.807) is 23.4 Å². The van der Waals surface area contributed by atoms with E-state index in [1.165, 1.54) is 4.57 Å². The zero-order chi connectivity index (χ0) is 19.9. The number of carbonyl (C=O) groups excluding carboxylic acids is 1. The van der Waals surface area contributed by atoms with Crippen molar-refractivity contribution < 1.29 is 9.53 Å². The summed E-state index contributed by atoms with van der Waals surface area (Å²) < 4.78 is 8.75. The molecule has 3 heterocycles. The highest BCUT2D eigenvalue weighted by Crippen LogP contribution is 2.14. The highest BCUT2D eigenvalue weighted by molar-refractivity contribution is 5.76. The highest BCUT2D eigenvalue weighted by atomic mass is 16.5. The van der Waals surface area contributed by atoms with Gasteiger partial charge in [0.2, 0.25) is 11.9 Å². The highest BCUT2D eigenvalue weighted by Gasteiger charge is 2.27. The number of carbonyl (C=O) groups is 1. The summed E-state index contributed by atoms with van der Waals surface area (Å²) in [6, 6.07) is 1.92. The first-order chi connectivity index (χ1) is 12.7. The minimum absolute atomic E-state index is 0.0252. The molecule has 0 spiro atoms. The molecule has 0 aliphatic carbocycles. The van der Waals surface area contributed by atoms with Crippen LogP contribution in [0.25, 0.3) is 5.95 Å². The first-order valence-electron chi connectivity index (χ1n) is 9.22. The molecule has 27 heavy (non-hydrogen) atoms. The molecule has 2 atom stereocenters. The van der Waals surface area contributed by atoms with Crippen molar-refractivity contribution in [3.63, 3.8) is 0 Å². The molecule has 8 nitrogen and oxygen atoms in total. The summed E-state index contributed by atoms with van der Waals surface area (Å²) in [5.41, 5.74) is 2.65. The number of amides is 1. The third-order valence-corrected chi connectivity index (χ3v) is 4.88. The van der Waals surface area contributed by atoms with Crippen molar-refractivity contribution in [2.45, 2.75) is 60.3 Å². The van der Waals surface area contributed by atoms with E-state index < -0.39 is 0 Å². The molecule has 1 saturated heterocycles. The van der Waals surface area contributed by atoms with Gasteiger partial charge in [0.05, 0.1) is 17.9 Å². The number of hydrogen-bond donors (Lipinski definition) is 0. The van der Waals surface area contributed by atoms with Gasteiger partial charge in [0, 0.05) is 30.0 Å². The van der Waals surface area contributed by atoms with Crippen LogP contribution in [0, 0.1) is 27.7 Å². The van der Waals surface area contributed by atoms with Crippen LogP contribution in [0.3, 0.4) is 0 Å². The maximum absolute atomic E-state index is 12.9. The zero-order valence-electron chi connectivity index (χ0n) is 16.8. The van der Waals surface area contributed by atoms with Crippen LogP contribution in [0.4, 0.5) is 0 Å². The molecule has 146 valence electrons. The lowest BCUT2D eigenvalue weighted by Crippen LogP contribution is -2.50. The molecular formula is C19H27N5O3. The molecule has 0 unspecified atom stereocenters. The SMILES string of the molecule is Cc1cc(C)n(-c2nc(C)c(C)c(=O)n2CC(=O)N2C[C@@H](C)O[C@@H](C)C2)n1. The van der Waals surface area contributed by atoms with Gasteiger partial charge in [-0.15, -0.1) is 0 Å². The molecule has 1 fully saturated rings. The second-order valence-electron chi connectivity index (χ2n) is 7.41. The van der Waals surface area contributed by atoms with E-state index in [9.17, 15) is 9.59 Å². The molecule has 1 amide bonds. The summed E-state index contributed by atoms with van der Waals surface area (Å²) in [7, 11) is 0. The Hall–Kier alpha value is -2.48. The van der Waals surface area contributed by atoms with Gasteiger partial charge < -0.3 is 9.64 Å². The molecule has 3 rings (SSSR count). The predicted molar refractivity (Wildman–Crippen MR) is 101 cm³/mol. The second kappa shape index (κ2) is 7.26. The first-order valence-corrected chi connectivity index (χ1v) is 9.22. The fourth-order valence-corrected chi connectivity index (χ4v) is 3.49. The number of aromatic nitrogens is 4. The van der Waals surface area contributed by atoms with E-state index in [1.807, 2.05) is 33.8 Å². The second-order valence-corrected chi connectivity index (χ2v) is 7.41. The predicted octanol–water partition coefficient (Wildman–Crippen LogP) is 1.30. The summed E-state index contributed by atoms with van der Waals surface area (Å²) in [4.78, 5) is 32.2. The smallest absolute Gasteiger partial charge is 0.258 e. The molecule has 2 aromatic heterocycles. The van der Waals surface area contributed by atoms with Crippen molar-refractivity contribution in [2.75, 3.05) is 13.1 Å². The van der Waals surface area contributed by atoms with Crippen molar-refractivity contribution in [1.29, 1.82) is 0 Å². The van der Waals surface area contributed by atoms with Crippen LogP contribution >= 0.6 is 0 Å². The monoisotopic (exact) mass is 373 g/mol. The average Bonchev–Trinajstić information content (AvgIpc) is 2.92. The summed E-state index contributed by atoms with van der Waals surface area (Å²) in [5, 5.41) is 4.45. The standard InChI is InChI=1S/C19H27N5O3/c1-11-7-12(2)24(21-11)19-20-16(6)15(5)18(26)23(19)10-17(25)22-8-13(3)27-14(4)9-22/h7,13-14H,8-10H2,1-6H3/t13-,14+. The molecule has 1 aliphatic rings. The van der Waals surface area contributed by atoms with Crippen LogP contribution in [0.2, 0.25) is 0 Å². The topological polar surface area (TPSA) is 82.2 Å². The van der Waals surface area contributed by atoms with Gasteiger partial charge in [0.1, 0.15) is 6.54 Å². The van der Waals surface area contributed by atoms with Gasteiger partial charge in [-0.25, -0.2) is 9.67 Å². The van der Waals surface area contributed by atoms with E-state index in [0.29, 0.717) is 30.3 Å². The van der Waals surface area contributed by atoms with Gasteiger partial charge in [0.25, 0.3) is 5.56 Å². The maximum atomic E-state index is 12.9. The summed E-state index contributed by atoms with van der Waals surface area (Å²) in [5.74, 6) is 0.253. The Morgan fingerprint density at radius 2 is 1.81 bits per heavy atom. The minimum atomic E-state index is -0.215. The quantitative estimate of drug-likeness (QED) is 0.810. The zero-order valence-corrected chi connectivity index (χ0v) is 16.8. The van der Waals surface area contributed by atoms with Gasteiger partial charge in [-0.2, -0.15) is 5.10 Å². The fraction of sp³-hybridized carbons (Fsp3) is 0.579.